The number of aliphatic hydroxyl groups excluding tert-OH is 1. The molecular formula is C15H23NO4S. The minimum atomic E-state index is -3.55. The largest absolute Gasteiger partial charge is 0.494 e. The van der Waals surface area contributed by atoms with Crippen LogP contribution in [0.2, 0.25) is 0 Å². The van der Waals surface area contributed by atoms with E-state index in [1.165, 1.54) is 0 Å². The third-order valence-electron chi connectivity index (χ3n) is 3.90. The van der Waals surface area contributed by atoms with Gasteiger partial charge < -0.3 is 9.84 Å². The van der Waals surface area contributed by atoms with Crippen LogP contribution < -0.4 is 9.46 Å². The van der Waals surface area contributed by atoms with Gasteiger partial charge in [0.1, 0.15) is 5.75 Å². The lowest BCUT2D eigenvalue weighted by Gasteiger charge is -2.30. The fourth-order valence-corrected chi connectivity index (χ4v) is 4.07. The van der Waals surface area contributed by atoms with Crippen molar-refractivity contribution in [3.05, 3.63) is 24.3 Å². The van der Waals surface area contributed by atoms with Crippen molar-refractivity contribution < 1.29 is 18.3 Å². The van der Waals surface area contributed by atoms with Gasteiger partial charge in [-0.1, -0.05) is 12.8 Å². The molecule has 2 N–H and O–H groups in total. The Balaban J connectivity index is 2.10. The molecule has 2 atom stereocenters. The van der Waals surface area contributed by atoms with Crippen LogP contribution in [0, 0.1) is 5.92 Å². The average Bonchev–Trinajstić information content (AvgIpc) is 2.48. The van der Waals surface area contributed by atoms with Crippen LogP contribution in [0.3, 0.4) is 0 Å². The molecule has 0 bridgehead atoms. The molecule has 0 amide bonds. The second kappa shape index (κ2) is 7.24. The number of rotatable bonds is 6. The normalized spacial score (nSPS) is 23.0. The highest BCUT2D eigenvalue weighted by molar-refractivity contribution is 7.89. The molecule has 0 saturated heterocycles. The van der Waals surface area contributed by atoms with E-state index in [9.17, 15) is 13.5 Å². The number of benzene rings is 1. The van der Waals surface area contributed by atoms with Crippen molar-refractivity contribution in [1.82, 2.24) is 4.72 Å². The first-order chi connectivity index (χ1) is 10.1. The Morgan fingerprint density at radius 1 is 1.24 bits per heavy atom. The summed E-state index contributed by atoms with van der Waals surface area (Å²) < 4.78 is 32.8. The average molecular weight is 313 g/mol. The maximum Gasteiger partial charge on any atom is 0.240 e. The number of hydrogen-bond donors (Lipinski definition) is 2. The number of ether oxygens (including phenoxy) is 1. The fraction of sp³-hybridized carbons (Fsp3) is 0.600. The lowest BCUT2D eigenvalue weighted by atomic mass is 9.86. The summed E-state index contributed by atoms with van der Waals surface area (Å²) in [5, 5.41) is 9.37. The Morgan fingerprint density at radius 2 is 1.90 bits per heavy atom. The van der Waals surface area contributed by atoms with Crippen molar-refractivity contribution in [3.8, 4) is 5.75 Å². The van der Waals surface area contributed by atoms with Gasteiger partial charge >= 0.3 is 0 Å². The van der Waals surface area contributed by atoms with Gasteiger partial charge in [-0.3, -0.25) is 0 Å². The van der Waals surface area contributed by atoms with E-state index < -0.39 is 10.0 Å². The summed E-state index contributed by atoms with van der Waals surface area (Å²) in [6, 6.07) is 6.22. The molecule has 1 fully saturated rings. The molecule has 0 heterocycles. The molecule has 0 aromatic heterocycles. The van der Waals surface area contributed by atoms with Gasteiger partial charge in [0.15, 0.2) is 0 Å². The van der Waals surface area contributed by atoms with Crippen LogP contribution in [-0.2, 0) is 10.0 Å². The summed E-state index contributed by atoms with van der Waals surface area (Å²) in [6.07, 6.45) is 3.69. The summed E-state index contributed by atoms with van der Waals surface area (Å²) in [6.45, 7) is 2.45. The summed E-state index contributed by atoms with van der Waals surface area (Å²) >= 11 is 0. The van der Waals surface area contributed by atoms with Crippen molar-refractivity contribution in [2.24, 2.45) is 5.92 Å². The van der Waals surface area contributed by atoms with Crippen molar-refractivity contribution >= 4 is 10.0 Å². The standard InChI is InChI=1S/C15H23NO4S/c1-2-20-13-7-9-14(10-8-13)21(18,19)16-15-6-4-3-5-12(15)11-17/h7-10,12,15-17H,2-6,11H2,1H3. The molecule has 21 heavy (non-hydrogen) atoms. The highest BCUT2D eigenvalue weighted by atomic mass is 32.2. The second-order valence-electron chi connectivity index (χ2n) is 5.36. The van der Waals surface area contributed by atoms with Crippen LogP contribution in [0.4, 0.5) is 0 Å². The van der Waals surface area contributed by atoms with Crippen molar-refractivity contribution in [2.75, 3.05) is 13.2 Å². The van der Waals surface area contributed by atoms with Gasteiger partial charge in [0, 0.05) is 12.6 Å². The predicted octanol–water partition coefficient (Wildman–Crippen LogP) is 1.91. The molecule has 2 unspecified atom stereocenters. The highest BCUT2D eigenvalue weighted by Crippen LogP contribution is 2.26. The minimum Gasteiger partial charge on any atom is -0.494 e. The van der Waals surface area contributed by atoms with Gasteiger partial charge in [-0.05, 0) is 49.9 Å². The zero-order chi connectivity index (χ0) is 15.3. The van der Waals surface area contributed by atoms with Crippen LogP contribution in [0.25, 0.3) is 0 Å². The molecule has 1 aliphatic rings. The molecule has 1 saturated carbocycles. The van der Waals surface area contributed by atoms with Crippen molar-refractivity contribution in [1.29, 1.82) is 0 Å². The third-order valence-corrected chi connectivity index (χ3v) is 5.40. The van der Waals surface area contributed by atoms with Crippen LogP contribution in [0.1, 0.15) is 32.6 Å². The molecule has 0 spiro atoms. The van der Waals surface area contributed by atoms with Crippen LogP contribution in [0.5, 0.6) is 5.75 Å². The van der Waals surface area contributed by atoms with Gasteiger partial charge in [0.25, 0.3) is 0 Å². The van der Waals surface area contributed by atoms with Crippen molar-refractivity contribution in [3.63, 3.8) is 0 Å². The number of aliphatic hydroxyl groups is 1. The summed E-state index contributed by atoms with van der Waals surface area (Å²) in [5.41, 5.74) is 0. The van der Waals surface area contributed by atoms with E-state index >= 15 is 0 Å². The molecule has 0 aliphatic heterocycles. The smallest absolute Gasteiger partial charge is 0.240 e. The van der Waals surface area contributed by atoms with E-state index in [4.69, 9.17) is 4.74 Å². The quantitative estimate of drug-likeness (QED) is 0.841. The van der Waals surface area contributed by atoms with E-state index in [0.29, 0.717) is 12.4 Å². The van der Waals surface area contributed by atoms with E-state index in [1.807, 2.05) is 6.92 Å². The van der Waals surface area contributed by atoms with E-state index in [0.717, 1.165) is 25.7 Å². The topological polar surface area (TPSA) is 75.6 Å². The Labute approximate surface area is 126 Å². The highest BCUT2D eigenvalue weighted by Gasteiger charge is 2.28. The maximum atomic E-state index is 12.4. The van der Waals surface area contributed by atoms with E-state index in [1.54, 1.807) is 24.3 Å². The van der Waals surface area contributed by atoms with Gasteiger partial charge in [-0.15, -0.1) is 0 Å². The fourth-order valence-electron chi connectivity index (χ4n) is 2.73. The molecule has 118 valence electrons. The van der Waals surface area contributed by atoms with Gasteiger partial charge in [0.2, 0.25) is 10.0 Å². The molecule has 1 aromatic carbocycles. The number of hydrogen-bond acceptors (Lipinski definition) is 4. The zero-order valence-corrected chi connectivity index (χ0v) is 13.1. The Kier molecular flexibility index (Phi) is 5.61. The Hall–Kier alpha value is -1.11. The molecule has 6 heteroatoms. The lowest BCUT2D eigenvalue weighted by Crippen LogP contribution is -2.43. The Bertz CT molecular complexity index is 541. The molecule has 5 nitrogen and oxygen atoms in total. The SMILES string of the molecule is CCOc1ccc(S(=O)(=O)NC2CCCCC2CO)cc1. The first-order valence-corrected chi connectivity index (χ1v) is 8.91. The molecule has 1 aromatic rings. The predicted molar refractivity (Wildman–Crippen MR) is 80.8 cm³/mol. The van der Waals surface area contributed by atoms with Gasteiger partial charge in [-0.25, -0.2) is 13.1 Å². The van der Waals surface area contributed by atoms with Crippen LogP contribution in [-0.4, -0.2) is 32.8 Å². The summed E-state index contributed by atoms with van der Waals surface area (Å²) in [4.78, 5) is 0.230. The van der Waals surface area contributed by atoms with Gasteiger partial charge in [0.05, 0.1) is 11.5 Å². The minimum absolute atomic E-state index is 0.0104. The first kappa shape index (κ1) is 16.3. The van der Waals surface area contributed by atoms with Crippen LogP contribution >= 0.6 is 0 Å². The second-order valence-corrected chi connectivity index (χ2v) is 7.07. The molecular weight excluding hydrogens is 290 g/mol. The number of nitrogens with one attached hydrogen (secondary N) is 1. The zero-order valence-electron chi connectivity index (χ0n) is 12.3. The maximum absolute atomic E-state index is 12.4. The summed E-state index contributed by atoms with van der Waals surface area (Å²) in [5.74, 6) is 0.665. The summed E-state index contributed by atoms with van der Waals surface area (Å²) in [7, 11) is -3.55. The molecule has 1 aliphatic carbocycles. The van der Waals surface area contributed by atoms with E-state index in [2.05, 4.69) is 4.72 Å². The van der Waals surface area contributed by atoms with E-state index in [-0.39, 0.29) is 23.5 Å². The van der Waals surface area contributed by atoms with Crippen LogP contribution in [0.15, 0.2) is 29.2 Å². The number of sulfonamides is 1. The van der Waals surface area contributed by atoms with Gasteiger partial charge in [-0.2, -0.15) is 0 Å². The first-order valence-electron chi connectivity index (χ1n) is 7.43. The molecule has 0 radical (unpaired) electrons. The monoisotopic (exact) mass is 313 g/mol. The third kappa shape index (κ3) is 4.18. The molecule has 2 rings (SSSR count). The Morgan fingerprint density at radius 3 is 2.52 bits per heavy atom. The van der Waals surface area contributed by atoms with Crippen molar-refractivity contribution in [2.45, 2.75) is 43.5 Å². The lowest BCUT2D eigenvalue weighted by molar-refractivity contribution is 0.164.